The van der Waals surface area contributed by atoms with Crippen LogP contribution in [0.4, 0.5) is 4.39 Å². The van der Waals surface area contributed by atoms with Crippen molar-refractivity contribution in [1.82, 2.24) is 5.32 Å². The van der Waals surface area contributed by atoms with Crippen molar-refractivity contribution in [2.75, 3.05) is 12.3 Å². The minimum atomic E-state index is -0.198. The van der Waals surface area contributed by atoms with Crippen LogP contribution in [0.1, 0.15) is 20.3 Å². The quantitative estimate of drug-likeness (QED) is 0.361. The standard InChI is InChI=1S/C13H20FN3S/c1-10(2)17-13(15)16-8-3-9-18-12-6-4-11(14)5-7-12/h4-7,10H,3,8-9H2,1-2H3,(H3,15,16,17). The molecule has 18 heavy (non-hydrogen) atoms. The fourth-order valence-corrected chi connectivity index (χ4v) is 2.16. The Bertz CT molecular complexity index is 376. The average molecular weight is 269 g/mol. The van der Waals surface area contributed by atoms with Gasteiger partial charge in [0, 0.05) is 17.5 Å². The lowest BCUT2D eigenvalue weighted by atomic mass is 10.4. The van der Waals surface area contributed by atoms with Crippen molar-refractivity contribution in [1.29, 1.82) is 0 Å². The van der Waals surface area contributed by atoms with Gasteiger partial charge in [-0.25, -0.2) is 4.39 Å². The smallest absolute Gasteiger partial charge is 0.188 e. The van der Waals surface area contributed by atoms with E-state index in [1.165, 1.54) is 12.1 Å². The van der Waals surface area contributed by atoms with Crippen molar-refractivity contribution in [3.63, 3.8) is 0 Å². The molecule has 0 heterocycles. The molecule has 1 aromatic carbocycles. The number of aliphatic imine (C=N–C) groups is 1. The maximum atomic E-state index is 12.7. The van der Waals surface area contributed by atoms with E-state index in [1.807, 2.05) is 13.8 Å². The van der Waals surface area contributed by atoms with Gasteiger partial charge in [0.25, 0.3) is 0 Å². The van der Waals surface area contributed by atoms with E-state index in [2.05, 4.69) is 10.3 Å². The Labute approximate surface area is 112 Å². The average Bonchev–Trinajstić information content (AvgIpc) is 2.30. The third-order valence-corrected chi connectivity index (χ3v) is 3.20. The number of hydrogen-bond acceptors (Lipinski definition) is 2. The zero-order valence-electron chi connectivity index (χ0n) is 10.8. The van der Waals surface area contributed by atoms with E-state index in [0.29, 0.717) is 18.5 Å². The first-order valence-corrected chi connectivity index (χ1v) is 7.01. The van der Waals surface area contributed by atoms with Gasteiger partial charge in [-0.1, -0.05) is 0 Å². The van der Waals surface area contributed by atoms with Crippen LogP contribution in [-0.2, 0) is 0 Å². The molecule has 1 rings (SSSR count). The highest BCUT2D eigenvalue weighted by Gasteiger charge is 1.96. The zero-order chi connectivity index (χ0) is 13.4. The number of hydrogen-bond donors (Lipinski definition) is 2. The molecule has 3 N–H and O–H groups in total. The monoisotopic (exact) mass is 269 g/mol. The molecular weight excluding hydrogens is 249 g/mol. The molecule has 0 aromatic heterocycles. The maximum absolute atomic E-state index is 12.7. The van der Waals surface area contributed by atoms with E-state index in [-0.39, 0.29) is 5.82 Å². The largest absolute Gasteiger partial charge is 0.370 e. The molecule has 0 bridgehead atoms. The molecule has 3 nitrogen and oxygen atoms in total. The lowest BCUT2D eigenvalue weighted by molar-refractivity contribution is 0.626. The second kappa shape index (κ2) is 7.97. The lowest BCUT2D eigenvalue weighted by Gasteiger charge is -2.08. The Balaban J connectivity index is 2.17. The summed E-state index contributed by atoms with van der Waals surface area (Å²) in [6, 6.07) is 6.84. The van der Waals surface area contributed by atoms with Gasteiger partial charge in [-0.3, -0.25) is 4.99 Å². The first kappa shape index (κ1) is 14.8. The molecule has 0 saturated heterocycles. The van der Waals surface area contributed by atoms with Crippen LogP contribution in [0, 0.1) is 5.82 Å². The highest BCUT2D eigenvalue weighted by atomic mass is 32.2. The SMILES string of the molecule is CC(C)NC(N)=NCCCSc1ccc(F)cc1. The van der Waals surface area contributed by atoms with Gasteiger partial charge in [0.2, 0.25) is 0 Å². The summed E-state index contributed by atoms with van der Waals surface area (Å²) in [6.45, 7) is 4.75. The summed E-state index contributed by atoms with van der Waals surface area (Å²) in [5.41, 5.74) is 5.68. The third-order valence-electron chi connectivity index (χ3n) is 2.10. The van der Waals surface area contributed by atoms with Gasteiger partial charge in [-0.2, -0.15) is 0 Å². The number of nitrogens with zero attached hydrogens (tertiary/aromatic N) is 1. The van der Waals surface area contributed by atoms with Crippen molar-refractivity contribution in [2.24, 2.45) is 10.7 Å². The van der Waals surface area contributed by atoms with Crippen LogP contribution in [0.2, 0.25) is 0 Å². The highest BCUT2D eigenvalue weighted by Crippen LogP contribution is 2.18. The Hall–Kier alpha value is -1.23. The van der Waals surface area contributed by atoms with Gasteiger partial charge in [0.15, 0.2) is 5.96 Å². The molecule has 0 atom stereocenters. The summed E-state index contributed by atoms with van der Waals surface area (Å²) >= 11 is 1.70. The highest BCUT2D eigenvalue weighted by molar-refractivity contribution is 7.99. The minimum absolute atomic E-state index is 0.198. The van der Waals surface area contributed by atoms with E-state index in [4.69, 9.17) is 5.73 Å². The number of benzene rings is 1. The summed E-state index contributed by atoms with van der Waals surface area (Å²) in [5.74, 6) is 1.25. The topological polar surface area (TPSA) is 50.4 Å². The minimum Gasteiger partial charge on any atom is -0.370 e. The van der Waals surface area contributed by atoms with Crippen LogP contribution in [0.3, 0.4) is 0 Å². The van der Waals surface area contributed by atoms with Crippen LogP contribution in [0.25, 0.3) is 0 Å². The van der Waals surface area contributed by atoms with Gasteiger partial charge < -0.3 is 11.1 Å². The predicted molar refractivity (Wildman–Crippen MR) is 76.5 cm³/mol. The van der Waals surface area contributed by atoms with E-state index >= 15 is 0 Å². The lowest BCUT2D eigenvalue weighted by Crippen LogP contribution is -2.36. The third kappa shape index (κ3) is 6.49. The fourth-order valence-electron chi connectivity index (χ4n) is 1.33. The van der Waals surface area contributed by atoms with Crippen LogP contribution in [0.15, 0.2) is 34.2 Å². The fraction of sp³-hybridized carbons (Fsp3) is 0.462. The Morgan fingerprint density at radius 2 is 2.06 bits per heavy atom. The zero-order valence-corrected chi connectivity index (χ0v) is 11.6. The van der Waals surface area contributed by atoms with Crippen molar-refractivity contribution in [3.8, 4) is 0 Å². The first-order valence-electron chi connectivity index (χ1n) is 6.03. The van der Waals surface area contributed by atoms with E-state index in [9.17, 15) is 4.39 Å². The molecule has 5 heteroatoms. The van der Waals surface area contributed by atoms with Crippen LogP contribution in [-0.4, -0.2) is 24.3 Å². The van der Waals surface area contributed by atoms with Crippen LogP contribution >= 0.6 is 11.8 Å². The van der Waals surface area contributed by atoms with Gasteiger partial charge in [0.1, 0.15) is 5.82 Å². The first-order chi connectivity index (χ1) is 8.58. The van der Waals surface area contributed by atoms with E-state index < -0.39 is 0 Å². The van der Waals surface area contributed by atoms with Crippen LogP contribution < -0.4 is 11.1 Å². The molecule has 0 saturated carbocycles. The summed E-state index contributed by atoms with van der Waals surface area (Å²) in [4.78, 5) is 5.30. The normalized spacial score (nSPS) is 11.9. The molecule has 100 valence electrons. The molecule has 0 aliphatic heterocycles. The predicted octanol–water partition coefficient (Wildman–Crippen LogP) is 2.62. The summed E-state index contributed by atoms with van der Waals surface area (Å²) in [6.07, 6.45) is 0.947. The summed E-state index contributed by atoms with van der Waals surface area (Å²) < 4.78 is 12.7. The Morgan fingerprint density at radius 3 is 2.67 bits per heavy atom. The number of nitrogens with one attached hydrogen (secondary N) is 1. The maximum Gasteiger partial charge on any atom is 0.188 e. The summed E-state index contributed by atoms with van der Waals surface area (Å²) in [5, 5.41) is 3.04. The molecular formula is C13H20FN3S. The molecule has 0 unspecified atom stereocenters. The molecule has 1 aromatic rings. The van der Waals surface area contributed by atoms with Gasteiger partial charge in [-0.15, -0.1) is 11.8 Å². The molecule has 0 amide bonds. The van der Waals surface area contributed by atoms with Crippen molar-refractivity contribution in [2.45, 2.75) is 31.2 Å². The molecule has 0 aliphatic carbocycles. The molecule has 0 aliphatic rings. The van der Waals surface area contributed by atoms with Crippen LogP contribution in [0.5, 0.6) is 0 Å². The van der Waals surface area contributed by atoms with Crippen molar-refractivity contribution in [3.05, 3.63) is 30.1 Å². The van der Waals surface area contributed by atoms with Gasteiger partial charge in [-0.05, 0) is 50.3 Å². The molecule has 0 radical (unpaired) electrons. The van der Waals surface area contributed by atoms with Gasteiger partial charge >= 0.3 is 0 Å². The second-order valence-corrected chi connectivity index (χ2v) is 5.39. The number of nitrogens with two attached hydrogens (primary N) is 1. The van der Waals surface area contributed by atoms with E-state index in [0.717, 1.165) is 17.1 Å². The number of rotatable bonds is 6. The second-order valence-electron chi connectivity index (χ2n) is 4.22. The number of guanidine groups is 1. The number of thioether (sulfide) groups is 1. The summed E-state index contributed by atoms with van der Waals surface area (Å²) in [7, 11) is 0. The Morgan fingerprint density at radius 1 is 1.39 bits per heavy atom. The Kier molecular flexibility index (Phi) is 6.57. The number of halogens is 1. The molecule has 0 fully saturated rings. The van der Waals surface area contributed by atoms with E-state index in [1.54, 1.807) is 23.9 Å². The van der Waals surface area contributed by atoms with Crippen molar-refractivity contribution >= 4 is 17.7 Å². The molecule has 0 spiro atoms. The van der Waals surface area contributed by atoms with Gasteiger partial charge in [0.05, 0.1) is 0 Å². The van der Waals surface area contributed by atoms with Crippen molar-refractivity contribution < 1.29 is 4.39 Å².